The van der Waals surface area contributed by atoms with Gasteiger partial charge in [-0.15, -0.1) is 0 Å². The third-order valence-electron chi connectivity index (χ3n) is 2.90. The van der Waals surface area contributed by atoms with E-state index in [9.17, 15) is 13.2 Å². The molecule has 1 amide bonds. The van der Waals surface area contributed by atoms with Gasteiger partial charge in [0.1, 0.15) is 0 Å². The molecule has 116 valence electrons. The minimum absolute atomic E-state index is 0.131. The van der Waals surface area contributed by atoms with Crippen molar-refractivity contribution in [3.05, 3.63) is 58.6 Å². The van der Waals surface area contributed by atoms with Crippen LogP contribution < -0.4 is 5.32 Å². The molecule has 0 atom stereocenters. The van der Waals surface area contributed by atoms with Crippen LogP contribution in [0.3, 0.4) is 0 Å². The molecule has 0 saturated carbocycles. The minimum Gasteiger partial charge on any atom is -0.326 e. The van der Waals surface area contributed by atoms with E-state index < -0.39 is 9.84 Å². The van der Waals surface area contributed by atoms with Crippen molar-refractivity contribution in [2.75, 3.05) is 11.1 Å². The third-order valence-corrected chi connectivity index (χ3v) is 5.13. The highest BCUT2D eigenvalue weighted by Crippen LogP contribution is 2.17. The third kappa shape index (κ3) is 4.73. The summed E-state index contributed by atoms with van der Waals surface area (Å²) >= 11 is 11.5. The Kier molecular flexibility index (Phi) is 5.45. The SMILES string of the molecule is O=C(CCS(=O)(=O)c1ccc(Cl)cc1)Nc1ccc(Cl)cc1. The lowest BCUT2D eigenvalue weighted by atomic mass is 10.3. The van der Waals surface area contributed by atoms with Gasteiger partial charge in [-0.3, -0.25) is 4.79 Å². The second-order valence-corrected chi connectivity index (χ2v) is 7.56. The van der Waals surface area contributed by atoms with E-state index in [2.05, 4.69) is 5.32 Å². The molecule has 0 spiro atoms. The highest BCUT2D eigenvalue weighted by molar-refractivity contribution is 7.91. The molecule has 0 aliphatic carbocycles. The number of sulfone groups is 1. The number of halogens is 2. The summed E-state index contributed by atoms with van der Waals surface area (Å²) in [5.74, 6) is -0.645. The Labute approximate surface area is 139 Å². The van der Waals surface area contributed by atoms with Gasteiger partial charge in [0.2, 0.25) is 5.91 Å². The number of carbonyl (C=O) groups excluding carboxylic acids is 1. The Morgan fingerprint density at radius 1 is 0.909 bits per heavy atom. The van der Waals surface area contributed by atoms with E-state index in [0.29, 0.717) is 15.7 Å². The molecule has 0 aliphatic heterocycles. The smallest absolute Gasteiger partial charge is 0.225 e. The van der Waals surface area contributed by atoms with Crippen LogP contribution in [-0.4, -0.2) is 20.1 Å². The quantitative estimate of drug-likeness (QED) is 0.884. The fourth-order valence-electron chi connectivity index (χ4n) is 1.74. The molecule has 0 bridgehead atoms. The van der Waals surface area contributed by atoms with Crippen molar-refractivity contribution in [1.82, 2.24) is 0 Å². The summed E-state index contributed by atoms with van der Waals surface area (Å²) in [7, 11) is -3.51. The summed E-state index contributed by atoms with van der Waals surface area (Å²) in [4.78, 5) is 11.9. The van der Waals surface area contributed by atoms with Gasteiger partial charge in [0.25, 0.3) is 0 Å². The lowest BCUT2D eigenvalue weighted by Crippen LogP contribution is -2.17. The average Bonchev–Trinajstić information content (AvgIpc) is 2.48. The van der Waals surface area contributed by atoms with Crippen molar-refractivity contribution in [3.63, 3.8) is 0 Å². The molecule has 2 rings (SSSR count). The van der Waals surface area contributed by atoms with E-state index in [4.69, 9.17) is 23.2 Å². The molecule has 2 aromatic carbocycles. The van der Waals surface area contributed by atoms with E-state index in [1.165, 1.54) is 24.3 Å². The molecule has 0 fully saturated rings. The van der Waals surface area contributed by atoms with Crippen molar-refractivity contribution >= 4 is 44.6 Å². The van der Waals surface area contributed by atoms with Crippen LogP contribution in [0.4, 0.5) is 5.69 Å². The zero-order valence-electron chi connectivity index (χ0n) is 11.4. The van der Waals surface area contributed by atoms with E-state index in [1.807, 2.05) is 0 Å². The molecule has 1 N–H and O–H groups in total. The standard InChI is InChI=1S/C15H13Cl2NO3S/c16-11-1-5-13(6-2-11)18-15(19)9-10-22(20,21)14-7-3-12(17)4-8-14/h1-8H,9-10H2,(H,18,19). The molecule has 0 radical (unpaired) electrons. The van der Waals surface area contributed by atoms with E-state index in [1.54, 1.807) is 24.3 Å². The average molecular weight is 358 g/mol. The molecular formula is C15H13Cl2NO3S. The molecule has 0 saturated heterocycles. The van der Waals surface area contributed by atoms with Gasteiger partial charge in [-0.25, -0.2) is 8.42 Å². The summed E-state index contributed by atoms with van der Waals surface area (Å²) in [6.07, 6.45) is -0.131. The Balaban J connectivity index is 1.95. The largest absolute Gasteiger partial charge is 0.326 e. The summed E-state index contributed by atoms with van der Waals surface area (Å²) in [5.41, 5.74) is 0.568. The summed E-state index contributed by atoms with van der Waals surface area (Å²) in [6.45, 7) is 0. The van der Waals surface area contributed by atoms with Crippen LogP contribution in [0, 0.1) is 0 Å². The van der Waals surface area contributed by atoms with Crippen LogP contribution in [0.2, 0.25) is 10.0 Å². The zero-order valence-corrected chi connectivity index (χ0v) is 13.8. The van der Waals surface area contributed by atoms with Crippen molar-refractivity contribution in [2.45, 2.75) is 11.3 Å². The maximum Gasteiger partial charge on any atom is 0.225 e. The second kappa shape index (κ2) is 7.13. The monoisotopic (exact) mass is 357 g/mol. The molecular weight excluding hydrogens is 345 g/mol. The predicted octanol–water partition coefficient (Wildman–Crippen LogP) is 3.80. The van der Waals surface area contributed by atoms with Crippen LogP contribution in [0.5, 0.6) is 0 Å². The number of nitrogens with one attached hydrogen (secondary N) is 1. The first-order valence-corrected chi connectivity index (χ1v) is 8.81. The van der Waals surface area contributed by atoms with Crippen molar-refractivity contribution in [3.8, 4) is 0 Å². The van der Waals surface area contributed by atoms with Crippen molar-refractivity contribution in [1.29, 1.82) is 0 Å². The van der Waals surface area contributed by atoms with E-state index in [-0.39, 0.29) is 23.0 Å². The first kappa shape index (κ1) is 16.8. The number of carbonyl (C=O) groups is 1. The van der Waals surface area contributed by atoms with Gasteiger partial charge in [-0.05, 0) is 48.5 Å². The lowest BCUT2D eigenvalue weighted by molar-refractivity contribution is -0.115. The highest BCUT2D eigenvalue weighted by atomic mass is 35.5. The first-order chi connectivity index (χ1) is 10.4. The van der Waals surface area contributed by atoms with Crippen molar-refractivity contribution < 1.29 is 13.2 Å². The number of hydrogen-bond donors (Lipinski definition) is 1. The molecule has 22 heavy (non-hydrogen) atoms. The Morgan fingerprint density at radius 2 is 1.41 bits per heavy atom. The number of rotatable bonds is 5. The van der Waals surface area contributed by atoms with Gasteiger partial charge < -0.3 is 5.32 Å². The molecule has 0 unspecified atom stereocenters. The second-order valence-electron chi connectivity index (χ2n) is 4.58. The molecule has 2 aromatic rings. The Morgan fingerprint density at radius 3 is 1.95 bits per heavy atom. The Hall–Kier alpha value is -1.56. The predicted molar refractivity (Wildman–Crippen MR) is 88.2 cm³/mol. The van der Waals surface area contributed by atoms with Crippen LogP contribution in [0.25, 0.3) is 0 Å². The fourth-order valence-corrected chi connectivity index (χ4v) is 3.24. The summed E-state index contributed by atoms with van der Waals surface area (Å²) < 4.78 is 24.2. The normalized spacial score (nSPS) is 11.2. The van der Waals surface area contributed by atoms with Gasteiger partial charge in [0.15, 0.2) is 9.84 Å². The zero-order chi connectivity index (χ0) is 16.2. The minimum atomic E-state index is -3.51. The molecule has 0 aromatic heterocycles. The number of anilines is 1. The van der Waals surface area contributed by atoms with Gasteiger partial charge in [0.05, 0.1) is 10.6 Å². The lowest BCUT2D eigenvalue weighted by Gasteiger charge is -2.06. The Bertz CT molecular complexity index is 756. The topological polar surface area (TPSA) is 63.2 Å². The number of amides is 1. The summed E-state index contributed by atoms with van der Waals surface area (Å²) in [6, 6.07) is 12.4. The molecule has 0 heterocycles. The fraction of sp³-hybridized carbons (Fsp3) is 0.133. The van der Waals surface area contributed by atoms with Crippen LogP contribution >= 0.6 is 23.2 Å². The summed E-state index contributed by atoms with van der Waals surface area (Å²) in [5, 5.41) is 3.64. The molecule has 0 aliphatic rings. The first-order valence-electron chi connectivity index (χ1n) is 6.40. The highest BCUT2D eigenvalue weighted by Gasteiger charge is 2.16. The maximum atomic E-state index is 12.1. The maximum absolute atomic E-state index is 12.1. The van der Waals surface area contributed by atoms with Crippen LogP contribution in [0.1, 0.15) is 6.42 Å². The van der Waals surface area contributed by atoms with Crippen LogP contribution in [0.15, 0.2) is 53.4 Å². The van der Waals surface area contributed by atoms with Gasteiger partial charge in [-0.1, -0.05) is 23.2 Å². The van der Waals surface area contributed by atoms with Gasteiger partial charge in [-0.2, -0.15) is 0 Å². The molecule has 7 heteroatoms. The number of hydrogen-bond acceptors (Lipinski definition) is 3. The van der Waals surface area contributed by atoms with Crippen LogP contribution in [-0.2, 0) is 14.6 Å². The van der Waals surface area contributed by atoms with E-state index in [0.717, 1.165) is 0 Å². The molecule has 4 nitrogen and oxygen atoms in total. The number of benzene rings is 2. The van der Waals surface area contributed by atoms with Crippen molar-refractivity contribution in [2.24, 2.45) is 0 Å². The van der Waals surface area contributed by atoms with Gasteiger partial charge in [0, 0.05) is 22.2 Å². The van der Waals surface area contributed by atoms with E-state index >= 15 is 0 Å². The van der Waals surface area contributed by atoms with Gasteiger partial charge >= 0.3 is 0 Å².